The zero-order valence-electron chi connectivity index (χ0n) is 3.84. The molecular formula is H3NO6S2. The lowest BCUT2D eigenvalue weighted by molar-refractivity contribution is -0.596. The van der Waals surface area contributed by atoms with Gasteiger partial charge in [-0.3, -0.25) is 0 Å². The standard InChI is InChI=1S/H3NO6S2/c8-6-4-2-1-3-5-7-9/h1,8-9H. The maximum absolute atomic E-state index is 3.78. The van der Waals surface area contributed by atoms with Crippen molar-refractivity contribution in [2.24, 2.45) is 0 Å². The summed E-state index contributed by atoms with van der Waals surface area (Å²) in [5.74, 6) is 0. The molecule has 56 valence electrons. The van der Waals surface area contributed by atoms with E-state index in [1.165, 1.54) is 0 Å². The van der Waals surface area contributed by atoms with Gasteiger partial charge in [0.2, 0.25) is 0 Å². The zero-order chi connectivity index (χ0) is 6.95. The number of thiol groups is 2. The molecule has 0 saturated heterocycles. The van der Waals surface area contributed by atoms with Crippen LogP contribution in [0.3, 0.4) is 0 Å². The van der Waals surface area contributed by atoms with E-state index in [-0.39, 0.29) is 0 Å². The van der Waals surface area contributed by atoms with E-state index in [9.17, 15) is 0 Å². The average Bonchev–Trinajstić information content (AvgIpc) is 1.89. The molecule has 0 aromatic carbocycles. The Morgan fingerprint density at radius 3 is 1.67 bits per heavy atom. The molecule has 9 heavy (non-hydrogen) atoms. The number of hydrogen-bond acceptors (Lipinski definition) is 9. The summed E-state index contributed by atoms with van der Waals surface area (Å²) in [5.41, 5.74) is 1.60. The Labute approximate surface area is 61.0 Å². The highest BCUT2D eigenvalue weighted by atomic mass is 32.1. The van der Waals surface area contributed by atoms with Crippen LogP contribution in [0.4, 0.5) is 0 Å². The Morgan fingerprint density at radius 2 is 1.33 bits per heavy atom. The second kappa shape index (κ2) is 8.42. The van der Waals surface area contributed by atoms with E-state index in [1.54, 1.807) is 5.64 Å². The predicted molar refractivity (Wildman–Crippen MR) is 27.6 cm³/mol. The monoisotopic (exact) mass is 177 g/mol. The first-order valence-electron chi connectivity index (χ1n) is 1.44. The first-order chi connectivity index (χ1) is 4.41. The van der Waals surface area contributed by atoms with Crippen LogP contribution in [0.2, 0.25) is 0 Å². The predicted octanol–water partition coefficient (Wildman–Crippen LogP) is -0.145. The molecule has 0 saturated carbocycles. The second-order valence-corrected chi connectivity index (χ2v) is 0.833. The Hall–Kier alpha value is 0.420. The topological polar surface area (TPSA) is 67.4 Å². The summed E-state index contributed by atoms with van der Waals surface area (Å²) in [6.45, 7) is 0. The smallest absolute Gasteiger partial charge is 0.0182 e. The molecule has 0 aliphatic heterocycles. The van der Waals surface area contributed by atoms with E-state index < -0.39 is 0 Å². The first-order valence-corrected chi connectivity index (χ1v) is 2.17. The van der Waals surface area contributed by atoms with Crippen molar-refractivity contribution in [1.29, 1.82) is 0 Å². The van der Waals surface area contributed by atoms with Crippen molar-refractivity contribution in [3.05, 3.63) is 0 Å². The third-order valence-corrected chi connectivity index (χ3v) is 0.319. The molecule has 9 heteroatoms. The summed E-state index contributed by atoms with van der Waals surface area (Å²) in [6, 6.07) is 0. The molecule has 0 fully saturated rings. The summed E-state index contributed by atoms with van der Waals surface area (Å²) < 4.78 is 7.27. The minimum atomic E-state index is 1.60. The third-order valence-electron chi connectivity index (χ3n) is 0.197. The van der Waals surface area contributed by atoms with Gasteiger partial charge in [-0.05, 0) is 15.7 Å². The Bertz CT molecular complexity index is 44.3. The second-order valence-electron chi connectivity index (χ2n) is 0.535. The van der Waals surface area contributed by atoms with Gasteiger partial charge in [0.05, 0.1) is 0 Å². The van der Waals surface area contributed by atoms with Crippen molar-refractivity contribution in [3.63, 3.8) is 0 Å². The lowest BCUT2D eigenvalue weighted by atomic mass is 13.2. The maximum Gasteiger partial charge on any atom is 0.0182 e. The highest BCUT2D eigenvalue weighted by molar-refractivity contribution is 7.75. The summed E-state index contributed by atoms with van der Waals surface area (Å²) >= 11 is 6.23. The fourth-order valence-corrected chi connectivity index (χ4v) is 0.133. The number of rotatable bonds is 6. The largest absolute Gasteiger partial charge is 0.134 e. The number of nitrogens with one attached hydrogen (secondary N) is 1. The van der Waals surface area contributed by atoms with Gasteiger partial charge in [0.15, 0.2) is 0 Å². The molecule has 7 nitrogen and oxygen atoms in total. The van der Waals surface area contributed by atoms with Crippen LogP contribution in [-0.4, -0.2) is 0 Å². The van der Waals surface area contributed by atoms with Crippen LogP contribution in [-0.2, 0) is 28.7 Å². The molecule has 0 aliphatic rings. The fraction of sp³-hybridized carbons (Fsp3) is 0. The molecule has 0 atom stereocenters. The summed E-state index contributed by atoms with van der Waals surface area (Å²) in [5, 5.41) is 7.30. The van der Waals surface area contributed by atoms with Gasteiger partial charge in [-0.1, -0.05) is 9.98 Å². The molecule has 1 N–H and O–H groups in total. The van der Waals surface area contributed by atoms with Crippen LogP contribution in [0, 0.1) is 0 Å². The summed E-state index contributed by atoms with van der Waals surface area (Å²) in [6.07, 6.45) is 0. The molecular weight excluding hydrogens is 174 g/mol. The molecule has 0 aromatic heterocycles. The maximum atomic E-state index is 3.78. The van der Waals surface area contributed by atoms with E-state index in [0.717, 1.165) is 0 Å². The van der Waals surface area contributed by atoms with Crippen LogP contribution in [0.5, 0.6) is 0 Å². The fourth-order valence-electron chi connectivity index (χ4n) is 0.0721. The Balaban J connectivity index is 2.60. The zero-order valence-corrected chi connectivity index (χ0v) is 5.63. The molecule has 0 aromatic rings. The molecule has 0 amide bonds. The van der Waals surface area contributed by atoms with E-state index in [0.29, 0.717) is 0 Å². The van der Waals surface area contributed by atoms with Gasteiger partial charge in [0.25, 0.3) is 0 Å². The van der Waals surface area contributed by atoms with E-state index in [4.69, 9.17) is 0 Å². The van der Waals surface area contributed by atoms with Crippen LogP contribution in [0.15, 0.2) is 0 Å². The highest BCUT2D eigenvalue weighted by Gasteiger charge is 1.85. The lowest BCUT2D eigenvalue weighted by Crippen LogP contribution is -2.14. The van der Waals surface area contributed by atoms with Crippen LogP contribution in [0.25, 0.3) is 0 Å². The van der Waals surface area contributed by atoms with Gasteiger partial charge in [-0.25, -0.2) is 0 Å². The Morgan fingerprint density at radius 1 is 0.889 bits per heavy atom. The summed E-state index contributed by atoms with van der Waals surface area (Å²) in [4.78, 5) is 7.55. The van der Waals surface area contributed by atoms with Crippen LogP contribution < -0.4 is 5.64 Å². The molecule has 0 heterocycles. The van der Waals surface area contributed by atoms with Crippen molar-refractivity contribution >= 4 is 25.8 Å². The average molecular weight is 177 g/mol. The van der Waals surface area contributed by atoms with Crippen molar-refractivity contribution in [3.8, 4) is 0 Å². The highest BCUT2D eigenvalue weighted by Crippen LogP contribution is 1.82. The van der Waals surface area contributed by atoms with E-state index in [1.807, 2.05) is 0 Å². The van der Waals surface area contributed by atoms with Gasteiger partial charge >= 0.3 is 0 Å². The van der Waals surface area contributed by atoms with Gasteiger partial charge in [-0.15, -0.1) is 8.67 Å². The van der Waals surface area contributed by atoms with Gasteiger partial charge < -0.3 is 0 Å². The molecule has 0 rings (SSSR count). The lowest BCUT2D eigenvalue weighted by Gasteiger charge is -1.96. The van der Waals surface area contributed by atoms with Gasteiger partial charge in [0.1, 0.15) is 0 Å². The third kappa shape index (κ3) is 8.42. The van der Waals surface area contributed by atoms with Crippen LogP contribution >= 0.6 is 25.8 Å². The molecule has 0 bridgehead atoms. The van der Waals surface area contributed by atoms with Gasteiger partial charge in [0, 0.05) is 25.8 Å². The minimum Gasteiger partial charge on any atom is -0.134 e. The SMILES string of the molecule is SOOONOOOS. The quantitative estimate of drug-likeness (QED) is 0.171. The van der Waals surface area contributed by atoms with Crippen molar-refractivity contribution in [2.75, 3.05) is 0 Å². The molecule has 0 aliphatic carbocycles. The van der Waals surface area contributed by atoms with E-state index >= 15 is 0 Å². The van der Waals surface area contributed by atoms with Gasteiger partial charge in [-0.2, -0.15) is 0 Å². The van der Waals surface area contributed by atoms with Crippen molar-refractivity contribution < 1.29 is 28.7 Å². The first kappa shape index (κ1) is 9.42. The molecule has 0 unspecified atom stereocenters. The van der Waals surface area contributed by atoms with E-state index in [2.05, 4.69) is 54.5 Å². The van der Waals surface area contributed by atoms with Crippen molar-refractivity contribution in [2.45, 2.75) is 0 Å². The van der Waals surface area contributed by atoms with Crippen molar-refractivity contribution in [1.82, 2.24) is 5.64 Å². The Kier molecular flexibility index (Phi) is 8.81. The van der Waals surface area contributed by atoms with Crippen LogP contribution in [0.1, 0.15) is 0 Å². The molecule has 0 radical (unpaired) electrons. The summed E-state index contributed by atoms with van der Waals surface area (Å²) in [7, 11) is 0. The normalized spacial score (nSPS) is 10.0. The number of hydrogen-bond donors (Lipinski definition) is 3. The minimum absolute atomic E-state index is 1.60. The molecule has 0 spiro atoms.